The summed E-state index contributed by atoms with van der Waals surface area (Å²) in [5, 5.41) is 0. The smallest absolute Gasteiger partial charge is 0.328 e. The molecule has 4 rings (SSSR count). The molecule has 0 saturated carbocycles. The highest BCUT2D eigenvalue weighted by Gasteiger charge is 2.20. The van der Waals surface area contributed by atoms with Gasteiger partial charge < -0.3 is 9.47 Å². The average Bonchev–Trinajstić information content (AvgIpc) is 2.98. The van der Waals surface area contributed by atoms with Crippen molar-refractivity contribution >= 4 is 26.7 Å². The molecule has 0 radical (unpaired) electrons. The van der Waals surface area contributed by atoms with Crippen LogP contribution in [0.1, 0.15) is 5.56 Å². The first-order valence-corrected chi connectivity index (χ1v) is 11.3. The molecular weight excluding hydrogens is 430 g/mol. The normalized spacial score (nSPS) is 11.5. The predicted octanol–water partition coefficient (Wildman–Crippen LogP) is 3.79. The lowest BCUT2D eigenvalue weighted by atomic mass is 10.2. The fourth-order valence-corrected chi connectivity index (χ4v) is 4.44. The standard InChI is InChI=1S/C23H23N3O5S/c1-15-5-11-18(12-6-15)32(28,29)24-19-13-20-21(26(3)23(27)25(20)2)14-22(19)31-17-9-7-16(30-4)8-10-17/h5-14,24H,1-4H3. The van der Waals surface area contributed by atoms with Gasteiger partial charge in [-0.05, 0) is 49.4 Å². The van der Waals surface area contributed by atoms with Crippen LogP contribution in [0.5, 0.6) is 17.2 Å². The van der Waals surface area contributed by atoms with Gasteiger partial charge in [-0.2, -0.15) is 0 Å². The fraction of sp³-hybridized carbons (Fsp3) is 0.174. The summed E-state index contributed by atoms with van der Waals surface area (Å²) in [6, 6.07) is 16.7. The Kier molecular flexibility index (Phi) is 5.43. The van der Waals surface area contributed by atoms with Crippen LogP contribution in [0, 0.1) is 6.92 Å². The minimum absolute atomic E-state index is 0.126. The highest BCUT2D eigenvalue weighted by molar-refractivity contribution is 7.92. The zero-order chi connectivity index (χ0) is 23.0. The van der Waals surface area contributed by atoms with Gasteiger partial charge in [0.25, 0.3) is 10.0 Å². The van der Waals surface area contributed by atoms with E-state index in [1.807, 2.05) is 6.92 Å². The number of aromatic nitrogens is 2. The van der Waals surface area contributed by atoms with E-state index in [9.17, 15) is 13.2 Å². The van der Waals surface area contributed by atoms with Gasteiger partial charge in [0.1, 0.15) is 11.5 Å². The van der Waals surface area contributed by atoms with Gasteiger partial charge in [0, 0.05) is 20.2 Å². The second kappa shape index (κ2) is 8.08. The third-order valence-electron chi connectivity index (χ3n) is 5.24. The molecule has 3 aromatic carbocycles. The first kappa shape index (κ1) is 21.5. The van der Waals surface area contributed by atoms with E-state index in [1.165, 1.54) is 9.13 Å². The third kappa shape index (κ3) is 3.94. The number of nitrogens with zero attached hydrogens (tertiary/aromatic N) is 2. The monoisotopic (exact) mass is 453 g/mol. The van der Waals surface area contributed by atoms with Crippen LogP contribution in [0.4, 0.5) is 5.69 Å². The van der Waals surface area contributed by atoms with Gasteiger partial charge in [-0.15, -0.1) is 0 Å². The van der Waals surface area contributed by atoms with Crippen molar-refractivity contribution < 1.29 is 17.9 Å². The summed E-state index contributed by atoms with van der Waals surface area (Å²) in [6.45, 7) is 1.88. The molecule has 0 saturated heterocycles. The number of imidazole rings is 1. The van der Waals surface area contributed by atoms with E-state index in [0.29, 0.717) is 22.5 Å². The number of sulfonamides is 1. The maximum atomic E-state index is 13.0. The fourth-order valence-electron chi connectivity index (χ4n) is 3.38. The van der Waals surface area contributed by atoms with Crippen molar-refractivity contribution in [3.63, 3.8) is 0 Å². The minimum Gasteiger partial charge on any atom is -0.497 e. The molecule has 0 aliphatic rings. The molecule has 1 heterocycles. The maximum Gasteiger partial charge on any atom is 0.328 e. The molecule has 9 heteroatoms. The molecule has 0 aliphatic heterocycles. The molecule has 0 spiro atoms. The summed E-state index contributed by atoms with van der Waals surface area (Å²) in [4.78, 5) is 12.5. The third-order valence-corrected chi connectivity index (χ3v) is 6.62. The average molecular weight is 454 g/mol. The van der Waals surface area contributed by atoms with E-state index in [-0.39, 0.29) is 22.0 Å². The molecule has 1 aromatic heterocycles. The van der Waals surface area contributed by atoms with Crippen molar-refractivity contribution in [2.45, 2.75) is 11.8 Å². The number of ether oxygens (including phenoxy) is 2. The van der Waals surface area contributed by atoms with Gasteiger partial charge in [0.05, 0.1) is 28.7 Å². The van der Waals surface area contributed by atoms with Gasteiger partial charge in [-0.25, -0.2) is 13.2 Å². The van der Waals surface area contributed by atoms with Crippen molar-refractivity contribution in [2.24, 2.45) is 14.1 Å². The zero-order valence-corrected chi connectivity index (χ0v) is 18.9. The predicted molar refractivity (Wildman–Crippen MR) is 123 cm³/mol. The van der Waals surface area contributed by atoms with Crippen LogP contribution in [0.15, 0.2) is 70.4 Å². The molecule has 4 aromatic rings. The Hall–Kier alpha value is -3.72. The SMILES string of the molecule is COc1ccc(Oc2cc3c(cc2NS(=O)(=O)c2ccc(C)cc2)n(C)c(=O)n3C)cc1. The van der Waals surface area contributed by atoms with Gasteiger partial charge in [-0.1, -0.05) is 17.7 Å². The van der Waals surface area contributed by atoms with Crippen molar-refractivity contribution in [2.75, 3.05) is 11.8 Å². The molecule has 32 heavy (non-hydrogen) atoms. The Morgan fingerprint density at radius 3 is 2.00 bits per heavy atom. The molecule has 166 valence electrons. The Bertz CT molecular complexity index is 1450. The summed E-state index contributed by atoms with van der Waals surface area (Å²) < 4.78 is 42.8. The molecule has 0 amide bonds. The summed E-state index contributed by atoms with van der Waals surface area (Å²) in [7, 11) is 0.965. The topological polar surface area (TPSA) is 91.6 Å². The number of benzene rings is 3. The molecule has 0 aliphatic carbocycles. The zero-order valence-electron chi connectivity index (χ0n) is 18.1. The van der Waals surface area contributed by atoms with Crippen LogP contribution in [0.3, 0.4) is 0 Å². The van der Waals surface area contributed by atoms with E-state index in [0.717, 1.165) is 5.56 Å². The lowest BCUT2D eigenvalue weighted by Crippen LogP contribution is -2.19. The van der Waals surface area contributed by atoms with Crippen molar-refractivity contribution in [1.82, 2.24) is 9.13 Å². The van der Waals surface area contributed by atoms with Crippen LogP contribution in [-0.4, -0.2) is 24.7 Å². The van der Waals surface area contributed by atoms with Crippen LogP contribution in [0.2, 0.25) is 0 Å². The highest BCUT2D eigenvalue weighted by Crippen LogP contribution is 2.35. The molecular formula is C23H23N3O5S. The summed E-state index contributed by atoms with van der Waals surface area (Å²) in [5.41, 5.74) is 2.12. The summed E-state index contributed by atoms with van der Waals surface area (Å²) >= 11 is 0. The van der Waals surface area contributed by atoms with Gasteiger partial charge in [0.15, 0.2) is 5.75 Å². The van der Waals surface area contributed by atoms with Crippen LogP contribution >= 0.6 is 0 Å². The van der Waals surface area contributed by atoms with Crippen LogP contribution < -0.4 is 19.9 Å². The Labute approximate surface area is 185 Å². The van der Waals surface area contributed by atoms with Crippen molar-refractivity contribution in [1.29, 1.82) is 0 Å². The van der Waals surface area contributed by atoms with E-state index in [4.69, 9.17) is 9.47 Å². The first-order chi connectivity index (χ1) is 15.2. The molecule has 1 N–H and O–H groups in total. The number of anilines is 1. The molecule has 0 unspecified atom stereocenters. The van der Waals surface area contributed by atoms with E-state index in [1.54, 1.807) is 81.9 Å². The number of methoxy groups -OCH3 is 1. The van der Waals surface area contributed by atoms with Gasteiger partial charge in [-0.3, -0.25) is 13.9 Å². The van der Waals surface area contributed by atoms with Crippen molar-refractivity contribution in [3.05, 3.63) is 76.7 Å². The second-order valence-electron chi connectivity index (χ2n) is 7.43. The lowest BCUT2D eigenvalue weighted by molar-refractivity contribution is 0.413. The second-order valence-corrected chi connectivity index (χ2v) is 9.12. The molecule has 8 nitrogen and oxygen atoms in total. The Morgan fingerprint density at radius 1 is 0.844 bits per heavy atom. The number of hydrogen-bond acceptors (Lipinski definition) is 5. The summed E-state index contributed by atoms with van der Waals surface area (Å²) in [5.74, 6) is 1.42. The number of fused-ring (bicyclic) bond motifs is 1. The van der Waals surface area contributed by atoms with Gasteiger partial charge in [0.2, 0.25) is 0 Å². The number of nitrogens with one attached hydrogen (secondary N) is 1. The Balaban J connectivity index is 1.82. The van der Waals surface area contributed by atoms with Crippen LogP contribution in [0.25, 0.3) is 11.0 Å². The molecule has 0 fully saturated rings. The number of hydrogen-bond donors (Lipinski definition) is 1. The van der Waals surface area contributed by atoms with Crippen molar-refractivity contribution in [3.8, 4) is 17.2 Å². The quantitative estimate of drug-likeness (QED) is 0.480. The van der Waals surface area contributed by atoms with Crippen LogP contribution in [-0.2, 0) is 24.1 Å². The minimum atomic E-state index is -3.88. The van der Waals surface area contributed by atoms with E-state index < -0.39 is 10.0 Å². The van der Waals surface area contributed by atoms with E-state index >= 15 is 0 Å². The van der Waals surface area contributed by atoms with Gasteiger partial charge >= 0.3 is 5.69 Å². The highest BCUT2D eigenvalue weighted by atomic mass is 32.2. The van der Waals surface area contributed by atoms with E-state index in [2.05, 4.69) is 4.72 Å². The number of rotatable bonds is 6. The maximum absolute atomic E-state index is 13.0. The summed E-state index contributed by atoms with van der Waals surface area (Å²) in [6.07, 6.45) is 0. The largest absolute Gasteiger partial charge is 0.497 e. The first-order valence-electron chi connectivity index (χ1n) is 9.80. The Morgan fingerprint density at radius 2 is 1.41 bits per heavy atom. The molecule has 0 bridgehead atoms. The number of aryl methyl sites for hydroxylation is 3. The molecule has 0 atom stereocenters. The lowest BCUT2D eigenvalue weighted by Gasteiger charge is -2.15.